The molecule has 0 spiro atoms. The first-order valence-electron chi connectivity index (χ1n) is 2.33. The molecule has 1 aliphatic heterocycles. The average molecular weight is 151 g/mol. The van der Waals surface area contributed by atoms with Gasteiger partial charge in [0.1, 0.15) is 0 Å². The molecule has 0 aliphatic carbocycles. The molecule has 1 heterocycles. The van der Waals surface area contributed by atoms with Crippen molar-refractivity contribution in [1.82, 2.24) is 5.06 Å². The molecule has 0 saturated carbocycles. The molecule has 52 valence electrons. The van der Waals surface area contributed by atoms with E-state index in [9.17, 15) is 13.2 Å². The minimum absolute atomic E-state index is 0.283. The SMILES string of the molecule is O=C1CCN1O[SH](=O)=O. The number of carbonyl (C=O) groups is 1. The summed E-state index contributed by atoms with van der Waals surface area (Å²) in [5.41, 5.74) is 0. The predicted molar refractivity (Wildman–Crippen MR) is 27.7 cm³/mol. The maximum atomic E-state index is 10.3. The van der Waals surface area contributed by atoms with Gasteiger partial charge >= 0.3 is 0 Å². The van der Waals surface area contributed by atoms with Gasteiger partial charge in [-0.25, -0.2) is 13.5 Å². The molecular formula is C3H5NO4S. The van der Waals surface area contributed by atoms with Gasteiger partial charge in [-0.15, -0.1) is 4.28 Å². The number of thiol groups is 1. The van der Waals surface area contributed by atoms with E-state index >= 15 is 0 Å². The summed E-state index contributed by atoms with van der Waals surface area (Å²) in [6, 6.07) is 0. The Morgan fingerprint density at radius 3 is 2.33 bits per heavy atom. The monoisotopic (exact) mass is 151 g/mol. The molecule has 0 aromatic heterocycles. The Labute approximate surface area is 53.3 Å². The molecule has 0 aromatic carbocycles. The van der Waals surface area contributed by atoms with Gasteiger partial charge in [-0.1, -0.05) is 0 Å². The molecule has 0 unspecified atom stereocenters. The first-order chi connectivity index (χ1) is 4.20. The molecule has 0 radical (unpaired) electrons. The highest BCUT2D eigenvalue weighted by Crippen LogP contribution is 2.07. The first-order valence-corrected chi connectivity index (χ1v) is 3.42. The van der Waals surface area contributed by atoms with Crippen LogP contribution in [0.15, 0.2) is 0 Å². The van der Waals surface area contributed by atoms with Gasteiger partial charge in [0.05, 0.1) is 6.54 Å². The van der Waals surface area contributed by atoms with Crippen molar-refractivity contribution in [2.75, 3.05) is 6.54 Å². The van der Waals surface area contributed by atoms with Crippen LogP contribution in [0.1, 0.15) is 6.42 Å². The summed E-state index contributed by atoms with van der Waals surface area (Å²) >= 11 is 0. The molecule has 0 aromatic rings. The zero-order chi connectivity index (χ0) is 6.85. The smallest absolute Gasteiger partial charge is 0.272 e. The second kappa shape index (κ2) is 2.32. The van der Waals surface area contributed by atoms with Gasteiger partial charge in [0.15, 0.2) is 0 Å². The van der Waals surface area contributed by atoms with Gasteiger partial charge in [-0.05, 0) is 0 Å². The third-order valence-electron chi connectivity index (χ3n) is 0.972. The quantitative estimate of drug-likeness (QED) is 0.392. The Bertz CT molecular complexity index is 190. The Balaban J connectivity index is 2.37. The van der Waals surface area contributed by atoms with Gasteiger partial charge in [-0.3, -0.25) is 4.79 Å². The average Bonchev–Trinajstić information content (AvgIpc) is 1.79. The number of hydrogen-bond acceptors (Lipinski definition) is 4. The van der Waals surface area contributed by atoms with Crippen molar-refractivity contribution in [3.8, 4) is 0 Å². The minimum atomic E-state index is -2.92. The zero-order valence-electron chi connectivity index (χ0n) is 4.44. The molecule has 5 nitrogen and oxygen atoms in total. The first kappa shape index (κ1) is 6.50. The van der Waals surface area contributed by atoms with Gasteiger partial charge in [0.2, 0.25) is 5.91 Å². The topological polar surface area (TPSA) is 63.7 Å². The summed E-state index contributed by atoms with van der Waals surface area (Å²) in [7, 11) is -2.92. The fourth-order valence-corrected chi connectivity index (χ4v) is 0.795. The van der Waals surface area contributed by atoms with E-state index in [0.717, 1.165) is 5.06 Å². The highest BCUT2D eigenvalue weighted by molar-refractivity contribution is 7.67. The lowest BCUT2D eigenvalue weighted by Gasteiger charge is -2.25. The summed E-state index contributed by atoms with van der Waals surface area (Å²) in [6.45, 7) is 0.377. The largest absolute Gasteiger partial charge is 0.278 e. The molecule has 1 saturated heterocycles. The van der Waals surface area contributed by atoms with Gasteiger partial charge in [0.25, 0.3) is 11.0 Å². The van der Waals surface area contributed by atoms with Gasteiger partial charge in [-0.2, -0.15) is 0 Å². The predicted octanol–water partition coefficient (Wildman–Crippen LogP) is -1.32. The number of amides is 1. The van der Waals surface area contributed by atoms with Crippen LogP contribution >= 0.6 is 0 Å². The molecule has 1 amide bonds. The highest BCUT2D eigenvalue weighted by atomic mass is 32.2. The molecule has 0 bridgehead atoms. The minimum Gasteiger partial charge on any atom is -0.272 e. The van der Waals surface area contributed by atoms with E-state index in [1.807, 2.05) is 0 Å². The molecule has 1 fully saturated rings. The lowest BCUT2D eigenvalue weighted by Crippen LogP contribution is -2.42. The Morgan fingerprint density at radius 2 is 2.22 bits per heavy atom. The van der Waals surface area contributed by atoms with E-state index < -0.39 is 11.0 Å². The summed E-state index contributed by atoms with van der Waals surface area (Å²) in [5.74, 6) is -0.283. The molecule has 9 heavy (non-hydrogen) atoms. The van der Waals surface area contributed by atoms with Crippen molar-refractivity contribution in [3.63, 3.8) is 0 Å². The maximum Gasteiger partial charge on any atom is 0.278 e. The van der Waals surface area contributed by atoms with Crippen molar-refractivity contribution in [2.45, 2.75) is 6.42 Å². The van der Waals surface area contributed by atoms with Gasteiger partial charge < -0.3 is 0 Å². The van der Waals surface area contributed by atoms with Crippen molar-refractivity contribution in [2.24, 2.45) is 0 Å². The van der Waals surface area contributed by atoms with Crippen molar-refractivity contribution < 1.29 is 17.5 Å². The van der Waals surface area contributed by atoms with E-state index in [2.05, 4.69) is 4.28 Å². The molecular weight excluding hydrogens is 146 g/mol. The number of carbonyl (C=O) groups excluding carboxylic acids is 1. The van der Waals surface area contributed by atoms with E-state index in [1.54, 1.807) is 0 Å². The van der Waals surface area contributed by atoms with Crippen LogP contribution < -0.4 is 0 Å². The third kappa shape index (κ3) is 1.39. The van der Waals surface area contributed by atoms with Crippen molar-refractivity contribution in [1.29, 1.82) is 0 Å². The number of rotatable bonds is 2. The highest BCUT2D eigenvalue weighted by Gasteiger charge is 2.25. The summed E-state index contributed by atoms with van der Waals surface area (Å²) in [5, 5.41) is 0.811. The molecule has 6 heteroatoms. The van der Waals surface area contributed by atoms with E-state index in [0.29, 0.717) is 13.0 Å². The second-order valence-corrected chi connectivity index (χ2v) is 2.16. The fourth-order valence-electron chi connectivity index (χ4n) is 0.461. The van der Waals surface area contributed by atoms with Crippen LogP contribution in [-0.4, -0.2) is 25.9 Å². The van der Waals surface area contributed by atoms with Crippen LogP contribution in [0.2, 0.25) is 0 Å². The van der Waals surface area contributed by atoms with Crippen LogP contribution in [0.3, 0.4) is 0 Å². The Kier molecular flexibility index (Phi) is 1.68. The second-order valence-electron chi connectivity index (χ2n) is 1.55. The maximum absolute atomic E-state index is 10.3. The van der Waals surface area contributed by atoms with E-state index in [-0.39, 0.29) is 5.91 Å². The lowest BCUT2D eigenvalue weighted by molar-refractivity contribution is -0.172. The number of hydrogen-bond donors (Lipinski definition) is 1. The molecule has 1 rings (SSSR count). The number of hydroxylamine groups is 2. The number of β-lactam (4-membered cyclic amide) rings is 1. The van der Waals surface area contributed by atoms with E-state index in [1.165, 1.54) is 0 Å². The zero-order valence-corrected chi connectivity index (χ0v) is 5.34. The lowest BCUT2D eigenvalue weighted by atomic mass is 10.3. The summed E-state index contributed by atoms with van der Waals surface area (Å²) in [6.07, 6.45) is 0.378. The number of nitrogens with zero attached hydrogens (tertiary/aromatic N) is 1. The standard InChI is InChI=1S/C3H5NO4S/c5-3-1-2-4(3)8-9(6)7/h9H,1-2H2. The molecule has 1 aliphatic rings. The van der Waals surface area contributed by atoms with Crippen LogP contribution in [0.4, 0.5) is 0 Å². The Hall–Kier alpha value is -0.620. The normalized spacial score (nSPS) is 18.3. The van der Waals surface area contributed by atoms with E-state index in [4.69, 9.17) is 0 Å². The molecule has 0 atom stereocenters. The van der Waals surface area contributed by atoms with Crippen molar-refractivity contribution in [3.05, 3.63) is 0 Å². The van der Waals surface area contributed by atoms with Crippen LogP contribution in [0.25, 0.3) is 0 Å². The Morgan fingerprint density at radius 1 is 1.56 bits per heavy atom. The fraction of sp³-hybridized carbons (Fsp3) is 0.667. The third-order valence-corrected chi connectivity index (χ3v) is 1.30. The van der Waals surface area contributed by atoms with Crippen molar-refractivity contribution >= 4 is 16.9 Å². The van der Waals surface area contributed by atoms with Crippen LogP contribution in [-0.2, 0) is 20.1 Å². The van der Waals surface area contributed by atoms with Crippen LogP contribution in [0.5, 0.6) is 0 Å². The van der Waals surface area contributed by atoms with Gasteiger partial charge in [0, 0.05) is 6.42 Å². The molecule has 0 N–H and O–H groups in total. The summed E-state index contributed by atoms with van der Waals surface area (Å²) in [4.78, 5) is 10.3. The van der Waals surface area contributed by atoms with Crippen LogP contribution in [0, 0.1) is 0 Å². The summed E-state index contributed by atoms with van der Waals surface area (Å²) < 4.78 is 23.6.